The normalized spacial score (nSPS) is 33.9. The monoisotopic (exact) mass is 646 g/mol. The average Bonchev–Trinajstić information content (AvgIpc) is 3.03. The van der Waals surface area contributed by atoms with Gasteiger partial charge in [-0.2, -0.15) is 13.2 Å². The number of carbonyl (C=O) groups is 2. The molecule has 10 heteroatoms. The molecule has 3 saturated heterocycles. The number of hydrogen-bond acceptors (Lipinski definition) is 5. The van der Waals surface area contributed by atoms with Crippen molar-refractivity contribution in [1.82, 2.24) is 15.1 Å². The summed E-state index contributed by atoms with van der Waals surface area (Å²) in [5, 5.41) is 6.60. The van der Waals surface area contributed by atoms with Crippen LogP contribution in [-0.4, -0.2) is 84.8 Å². The third kappa shape index (κ3) is 7.59. The van der Waals surface area contributed by atoms with E-state index in [1.54, 1.807) is 0 Å². The summed E-state index contributed by atoms with van der Waals surface area (Å²) in [6, 6.07) is 6.56. The van der Waals surface area contributed by atoms with Crippen LogP contribution in [0.3, 0.4) is 0 Å². The first-order chi connectivity index (χ1) is 22.0. The summed E-state index contributed by atoms with van der Waals surface area (Å²) >= 11 is 0. The number of halogens is 3. The van der Waals surface area contributed by atoms with Gasteiger partial charge >= 0.3 is 6.18 Å². The molecule has 1 aromatic carbocycles. The highest BCUT2D eigenvalue weighted by molar-refractivity contribution is 5.93. The predicted octanol–water partition coefficient (Wildman–Crippen LogP) is 6.41. The summed E-state index contributed by atoms with van der Waals surface area (Å²) in [4.78, 5) is 32.4. The van der Waals surface area contributed by atoms with Crippen molar-refractivity contribution < 1.29 is 27.5 Å². The van der Waals surface area contributed by atoms with Crippen molar-refractivity contribution in [3.8, 4) is 0 Å². The SMILES string of the molecule is Cc1ccc(NC(=O)C2CC(OC3CCN(C)CC3)CC(C(F)(F)F)C2)cc1C1CC2CNC(C)CC2N(C2CCCCC2)C1=O. The summed E-state index contributed by atoms with van der Waals surface area (Å²) < 4.78 is 48.3. The first-order valence-electron chi connectivity index (χ1n) is 17.8. The van der Waals surface area contributed by atoms with Gasteiger partial charge in [0, 0.05) is 49.4 Å². The van der Waals surface area contributed by atoms with Crippen LogP contribution in [-0.2, 0) is 14.3 Å². The zero-order valence-corrected chi connectivity index (χ0v) is 27.8. The minimum absolute atomic E-state index is 0.0695. The van der Waals surface area contributed by atoms with E-state index in [0.29, 0.717) is 17.6 Å². The van der Waals surface area contributed by atoms with Crippen LogP contribution in [0.25, 0.3) is 0 Å². The van der Waals surface area contributed by atoms with Gasteiger partial charge in [-0.25, -0.2) is 0 Å². The summed E-state index contributed by atoms with van der Waals surface area (Å²) in [6.45, 7) is 6.81. The van der Waals surface area contributed by atoms with Gasteiger partial charge < -0.3 is 25.2 Å². The van der Waals surface area contributed by atoms with E-state index in [9.17, 15) is 22.8 Å². The molecule has 0 radical (unpaired) electrons. The number of carbonyl (C=O) groups excluding carboxylic acids is 2. The molecule has 5 aliphatic rings. The lowest BCUT2D eigenvalue weighted by molar-refractivity contribution is -0.201. The molecule has 1 aromatic rings. The second kappa shape index (κ2) is 14.1. The maximum Gasteiger partial charge on any atom is 0.391 e. The molecule has 7 nitrogen and oxygen atoms in total. The average molecular weight is 647 g/mol. The lowest BCUT2D eigenvalue weighted by atomic mass is 9.73. The number of likely N-dealkylation sites (tertiary alicyclic amines) is 2. The van der Waals surface area contributed by atoms with E-state index in [-0.39, 0.29) is 49.3 Å². The molecule has 256 valence electrons. The van der Waals surface area contributed by atoms with E-state index in [1.807, 2.05) is 32.2 Å². The minimum atomic E-state index is -4.38. The Bertz CT molecular complexity index is 1230. The predicted molar refractivity (Wildman–Crippen MR) is 173 cm³/mol. The van der Waals surface area contributed by atoms with Gasteiger partial charge in [0.2, 0.25) is 11.8 Å². The third-order valence-electron chi connectivity index (χ3n) is 11.8. The number of benzene rings is 1. The molecular formula is C36H53F3N4O3. The zero-order chi connectivity index (χ0) is 32.6. The van der Waals surface area contributed by atoms with Crippen molar-refractivity contribution in [3.05, 3.63) is 29.3 Å². The Balaban J connectivity index is 1.18. The van der Waals surface area contributed by atoms with Crippen molar-refractivity contribution in [2.45, 2.75) is 133 Å². The molecule has 2 amide bonds. The van der Waals surface area contributed by atoms with Crippen LogP contribution in [0.5, 0.6) is 0 Å². The maximum atomic E-state index is 14.4. The number of aryl methyl sites for hydroxylation is 1. The molecule has 2 saturated carbocycles. The first kappa shape index (κ1) is 33.7. The van der Waals surface area contributed by atoms with Crippen molar-refractivity contribution >= 4 is 17.5 Å². The van der Waals surface area contributed by atoms with E-state index < -0.39 is 30.0 Å². The Hall–Kier alpha value is -2.17. The van der Waals surface area contributed by atoms with Crippen molar-refractivity contribution in [2.24, 2.45) is 17.8 Å². The van der Waals surface area contributed by atoms with Crippen LogP contribution in [0.15, 0.2) is 18.2 Å². The molecule has 3 aliphatic heterocycles. The second-order valence-electron chi connectivity index (χ2n) is 15.2. The Kier molecular flexibility index (Phi) is 10.4. The third-order valence-corrected chi connectivity index (χ3v) is 11.8. The molecule has 7 unspecified atom stereocenters. The maximum absolute atomic E-state index is 14.4. The van der Waals surface area contributed by atoms with E-state index in [2.05, 4.69) is 27.4 Å². The Morgan fingerprint density at radius 3 is 2.43 bits per heavy atom. The first-order valence-corrected chi connectivity index (χ1v) is 17.8. The molecule has 0 spiro atoms. The smallest absolute Gasteiger partial charge is 0.375 e. The molecule has 2 N–H and O–H groups in total. The lowest BCUT2D eigenvalue weighted by Gasteiger charge is -2.52. The molecule has 7 atom stereocenters. The van der Waals surface area contributed by atoms with E-state index in [4.69, 9.17) is 4.74 Å². The van der Waals surface area contributed by atoms with Crippen molar-refractivity contribution in [2.75, 3.05) is 32.0 Å². The summed E-state index contributed by atoms with van der Waals surface area (Å²) in [5.41, 5.74) is 2.46. The number of nitrogens with one attached hydrogen (secondary N) is 2. The lowest BCUT2D eigenvalue weighted by Crippen LogP contribution is -2.62. The molecule has 46 heavy (non-hydrogen) atoms. The number of hydrogen-bond donors (Lipinski definition) is 2. The zero-order valence-electron chi connectivity index (χ0n) is 27.8. The van der Waals surface area contributed by atoms with Gasteiger partial charge in [0.15, 0.2) is 0 Å². The fourth-order valence-corrected chi connectivity index (χ4v) is 9.11. The number of anilines is 1. The van der Waals surface area contributed by atoms with Crippen LogP contribution in [0.1, 0.15) is 101 Å². The van der Waals surface area contributed by atoms with Crippen molar-refractivity contribution in [1.29, 1.82) is 0 Å². The number of alkyl halides is 3. The fraction of sp³-hybridized carbons (Fsp3) is 0.778. The topological polar surface area (TPSA) is 73.9 Å². The van der Waals surface area contributed by atoms with Crippen LogP contribution in [0, 0.1) is 24.7 Å². The van der Waals surface area contributed by atoms with Gasteiger partial charge in [-0.1, -0.05) is 25.3 Å². The standard InChI is InChI=1S/C36H53F3N4O3/c1-22-9-10-27(41-34(44)24-16-26(36(37,38)39)19-30(17-24)46-29-11-13-42(3)14-12-29)20-31(22)32-18-25-21-40-23(2)15-33(25)43(35(32)45)28-7-5-4-6-8-28/h9-10,20,23-26,28-30,32-33,40H,4-8,11-19,21H2,1-3H3,(H,41,44). The Labute approximate surface area is 272 Å². The summed E-state index contributed by atoms with van der Waals surface area (Å²) in [5.74, 6) is -2.50. The Morgan fingerprint density at radius 1 is 0.978 bits per heavy atom. The number of rotatable bonds is 6. The molecule has 0 bridgehead atoms. The molecule has 3 heterocycles. The highest BCUT2D eigenvalue weighted by Gasteiger charge is 2.49. The number of amides is 2. The van der Waals surface area contributed by atoms with Gasteiger partial charge in [-0.3, -0.25) is 9.59 Å². The van der Waals surface area contributed by atoms with Gasteiger partial charge in [-0.15, -0.1) is 0 Å². The van der Waals surface area contributed by atoms with Crippen LogP contribution in [0.2, 0.25) is 0 Å². The molecule has 0 aromatic heterocycles. The van der Waals surface area contributed by atoms with Crippen LogP contribution in [0.4, 0.5) is 18.9 Å². The highest BCUT2D eigenvalue weighted by atomic mass is 19.4. The Morgan fingerprint density at radius 2 is 1.72 bits per heavy atom. The summed E-state index contributed by atoms with van der Waals surface area (Å²) in [7, 11) is 2.04. The number of piperidine rings is 3. The molecular weight excluding hydrogens is 593 g/mol. The van der Waals surface area contributed by atoms with Crippen molar-refractivity contribution in [3.63, 3.8) is 0 Å². The van der Waals surface area contributed by atoms with Crippen LogP contribution < -0.4 is 10.6 Å². The minimum Gasteiger partial charge on any atom is -0.375 e. The van der Waals surface area contributed by atoms with E-state index >= 15 is 0 Å². The number of ether oxygens (including phenoxy) is 1. The van der Waals surface area contributed by atoms with E-state index in [1.165, 1.54) is 6.42 Å². The van der Waals surface area contributed by atoms with Gasteiger partial charge in [-0.05, 0) is 108 Å². The van der Waals surface area contributed by atoms with Crippen LogP contribution >= 0.6 is 0 Å². The highest BCUT2D eigenvalue weighted by Crippen LogP contribution is 2.44. The number of nitrogens with zero attached hydrogens (tertiary/aromatic N) is 2. The second-order valence-corrected chi connectivity index (χ2v) is 15.2. The fourth-order valence-electron chi connectivity index (χ4n) is 9.11. The van der Waals surface area contributed by atoms with Gasteiger partial charge in [0.05, 0.1) is 24.0 Å². The number of fused-ring (bicyclic) bond motifs is 1. The largest absolute Gasteiger partial charge is 0.391 e. The molecule has 6 rings (SSSR count). The van der Waals surface area contributed by atoms with Gasteiger partial charge in [0.25, 0.3) is 0 Å². The van der Waals surface area contributed by atoms with Gasteiger partial charge in [0.1, 0.15) is 0 Å². The molecule has 5 fully saturated rings. The summed E-state index contributed by atoms with van der Waals surface area (Å²) in [6.07, 6.45) is 3.90. The van der Waals surface area contributed by atoms with E-state index in [0.717, 1.165) is 82.1 Å². The quantitative estimate of drug-likeness (QED) is 0.374. The molecule has 2 aliphatic carbocycles.